The van der Waals surface area contributed by atoms with Crippen molar-refractivity contribution in [2.24, 2.45) is 7.05 Å². The van der Waals surface area contributed by atoms with Crippen LogP contribution in [-0.4, -0.2) is 66.3 Å². The van der Waals surface area contributed by atoms with Gasteiger partial charge in [0.25, 0.3) is 5.91 Å². The van der Waals surface area contributed by atoms with Crippen LogP contribution in [0.5, 0.6) is 0 Å². The van der Waals surface area contributed by atoms with Gasteiger partial charge in [0.05, 0.1) is 4.90 Å². The molecule has 1 fully saturated rings. The van der Waals surface area contributed by atoms with Crippen LogP contribution in [0.2, 0.25) is 0 Å². The standard InChI is InChI=1S/C22H25N5O3S2/c1-25-12-14-27(15-13-25)32(29,30)20-5-3-4-17(16-20)21(28)24-18-6-8-19(9-7-18)31-22-23-10-11-26(22)2/h3-11,16H,12-15H2,1-2H3,(H,24,28). The number of carbonyl (C=O) groups is 1. The zero-order chi connectivity index (χ0) is 22.7. The second-order valence-electron chi connectivity index (χ2n) is 7.64. The van der Waals surface area contributed by atoms with Crippen molar-refractivity contribution in [1.29, 1.82) is 0 Å². The molecule has 1 amide bonds. The van der Waals surface area contributed by atoms with Crippen LogP contribution in [0.3, 0.4) is 0 Å². The minimum absolute atomic E-state index is 0.136. The molecule has 1 N–H and O–H groups in total. The van der Waals surface area contributed by atoms with Crippen molar-refractivity contribution < 1.29 is 13.2 Å². The summed E-state index contributed by atoms with van der Waals surface area (Å²) in [6.45, 7) is 2.26. The normalized spacial score (nSPS) is 15.6. The number of sulfonamides is 1. The third-order valence-electron chi connectivity index (χ3n) is 5.29. The van der Waals surface area contributed by atoms with E-state index < -0.39 is 10.0 Å². The molecule has 0 saturated carbocycles. The number of rotatable bonds is 6. The van der Waals surface area contributed by atoms with Crippen LogP contribution in [0.25, 0.3) is 0 Å². The van der Waals surface area contributed by atoms with Gasteiger partial charge in [-0.1, -0.05) is 17.8 Å². The topological polar surface area (TPSA) is 87.5 Å². The predicted octanol–water partition coefficient (Wildman–Crippen LogP) is 2.76. The molecule has 0 aliphatic carbocycles. The molecule has 8 nitrogen and oxygen atoms in total. The van der Waals surface area contributed by atoms with E-state index in [4.69, 9.17) is 0 Å². The van der Waals surface area contributed by atoms with Gasteiger partial charge in [0, 0.05) is 61.8 Å². The number of piperazine rings is 1. The number of carbonyl (C=O) groups excluding carboxylic acids is 1. The van der Waals surface area contributed by atoms with Crippen LogP contribution in [0.1, 0.15) is 10.4 Å². The summed E-state index contributed by atoms with van der Waals surface area (Å²) in [4.78, 5) is 20.3. The highest BCUT2D eigenvalue weighted by molar-refractivity contribution is 7.99. The van der Waals surface area contributed by atoms with Crippen molar-refractivity contribution in [3.8, 4) is 0 Å². The van der Waals surface area contributed by atoms with Crippen LogP contribution in [0, 0.1) is 0 Å². The van der Waals surface area contributed by atoms with E-state index in [1.54, 1.807) is 18.3 Å². The lowest BCUT2D eigenvalue weighted by Crippen LogP contribution is -2.47. The van der Waals surface area contributed by atoms with Gasteiger partial charge in [-0.05, 0) is 49.5 Å². The van der Waals surface area contributed by atoms with Crippen LogP contribution >= 0.6 is 11.8 Å². The molecular weight excluding hydrogens is 446 g/mol. The molecule has 3 aromatic rings. The first kappa shape index (κ1) is 22.5. The number of nitrogens with zero attached hydrogens (tertiary/aromatic N) is 4. The molecule has 2 heterocycles. The Hall–Kier alpha value is -2.66. The molecule has 4 rings (SSSR count). The number of likely N-dealkylation sites (N-methyl/N-ethyl adjacent to an activating group) is 1. The third-order valence-corrected chi connectivity index (χ3v) is 8.27. The molecule has 0 atom stereocenters. The van der Waals surface area contributed by atoms with Gasteiger partial charge in [0.2, 0.25) is 10.0 Å². The molecular formula is C22H25N5O3S2. The zero-order valence-electron chi connectivity index (χ0n) is 17.9. The summed E-state index contributed by atoms with van der Waals surface area (Å²) in [7, 11) is 0.271. The summed E-state index contributed by atoms with van der Waals surface area (Å²) in [5.41, 5.74) is 0.929. The summed E-state index contributed by atoms with van der Waals surface area (Å²) >= 11 is 1.53. The predicted molar refractivity (Wildman–Crippen MR) is 124 cm³/mol. The molecule has 0 unspecified atom stereocenters. The summed E-state index contributed by atoms with van der Waals surface area (Å²) in [5, 5.41) is 3.71. The van der Waals surface area contributed by atoms with E-state index in [1.807, 2.05) is 49.1 Å². The maximum Gasteiger partial charge on any atom is 0.255 e. The quantitative estimate of drug-likeness (QED) is 0.595. The first-order valence-electron chi connectivity index (χ1n) is 10.2. The SMILES string of the molecule is CN1CCN(S(=O)(=O)c2cccc(C(=O)Nc3ccc(Sc4nccn4C)cc3)c2)CC1. The van der Waals surface area contributed by atoms with E-state index in [2.05, 4.69) is 15.2 Å². The van der Waals surface area contributed by atoms with Gasteiger partial charge < -0.3 is 14.8 Å². The van der Waals surface area contributed by atoms with E-state index in [1.165, 1.54) is 28.2 Å². The van der Waals surface area contributed by atoms with E-state index in [9.17, 15) is 13.2 Å². The molecule has 0 spiro atoms. The molecule has 0 radical (unpaired) electrons. The van der Waals surface area contributed by atoms with E-state index in [-0.39, 0.29) is 10.8 Å². The fraction of sp³-hybridized carbons (Fsp3) is 0.273. The van der Waals surface area contributed by atoms with Crippen molar-refractivity contribution in [2.75, 3.05) is 38.5 Å². The summed E-state index contributed by atoms with van der Waals surface area (Å²) in [6, 6.07) is 13.6. The molecule has 1 saturated heterocycles. The largest absolute Gasteiger partial charge is 0.329 e. The minimum atomic E-state index is -3.63. The van der Waals surface area contributed by atoms with Gasteiger partial charge in [-0.15, -0.1) is 0 Å². The average molecular weight is 472 g/mol. The zero-order valence-corrected chi connectivity index (χ0v) is 19.6. The highest BCUT2D eigenvalue weighted by atomic mass is 32.2. The highest BCUT2D eigenvalue weighted by Gasteiger charge is 2.28. The molecule has 10 heteroatoms. The molecule has 1 aliphatic heterocycles. The maximum atomic E-state index is 13.0. The van der Waals surface area contributed by atoms with E-state index in [0.29, 0.717) is 37.4 Å². The second kappa shape index (κ2) is 9.45. The van der Waals surface area contributed by atoms with Crippen LogP contribution < -0.4 is 5.32 Å². The van der Waals surface area contributed by atoms with Crippen molar-refractivity contribution in [2.45, 2.75) is 14.9 Å². The number of benzene rings is 2. The molecule has 1 aliphatic rings. The Balaban J connectivity index is 1.44. The molecule has 168 valence electrons. The summed E-state index contributed by atoms with van der Waals surface area (Å²) < 4.78 is 29.4. The number of nitrogens with one attached hydrogen (secondary N) is 1. The van der Waals surface area contributed by atoms with Gasteiger partial charge in [-0.2, -0.15) is 4.31 Å². The Bertz CT molecular complexity index is 1200. The van der Waals surface area contributed by atoms with Crippen molar-refractivity contribution >= 4 is 33.4 Å². The second-order valence-corrected chi connectivity index (χ2v) is 10.6. The lowest BCUT2D eigenvalue weighted by Gasteiger charge is -2.31. The van der Waals surface area contributed by atoms with E-state index >= 15 is 0 Å². The average Bonchev–Trinajstić information content (AvgIpc) is 3.19. The number of aryl methyl sites for hydroxylation is 1. The molecule has 32 heavy (non-hydrogen) atoms. The van der Waals surface area contributed by atoms with Gasteiger partial charge in [0.15, 0.2) is 5.16 Å². The fourth-order valence-electron chi connectivity index (χ4n) is 3.34. The van der Waals surface area contributed by atoms with E-state index in [0.717, 1.165) is 10.1 Å². The smallest absolute Gasteiger partial charge is 0.255 e. The minimum Gasteiger partial charge on any atom is -0.329 e. The van der Waals surface area contributed by atoms with Crippen LogP contribution in [-0.2, 0) is 17.1 Å². The van der Waals surface area contributed by atoms with Crippen LogP contribution in [0.15, 0.2) is 75.9 Å². The number of anilines is 1. The fourth-order valence-corrected chi connectivity index (χ4v) is 5.61. The Labute approximate surface area is 192 Å². The van der Waals surface area contributed by atoms with Gasteiger partial charge in [-0.25, -0.2) is 13.4 Å². The van der Waals surface area contributed by atoms with Gasteiger partial charge in [-0.3, -0.25) is 4.79 Å². The van der Waals surface area contributed by atoms with Gasteiger partial charge in [0.1, 0.15) is 0 Å². The lowest BCUT2D eigenvalue weighted by molar-refractivity contribution is 0.102. The number of hydrogen-bond acceptors (Lipinski definition) is 6. The summed E-state index contributed by atoms with van der Waals surface area (Å²) in [6.07, 6.45) is 3.63. The number of aromatic nitrogens is 2. The van der Waals surface area contributed by atoms with Crippen molar-refractivity contribution in [1.82, 2.24) is 18.8 Å². The number of hydrogen-bond donors (Lipinski definition) is 1. The highest BCUT2D eigenvalue weighted by Crippen LogP contribution is 2.27. The first-order valence-corrected chi connectivity index (χ1v) is 12.4. The van der Waals surface area contributed by atoms with Crippen LogP contribution in [0.4, 0.5) is 5.69 Å². The number of imidazole rings is 1. The molecule has 0 bridgehead atoms. The molecule has 1 aromatic heterocycles. The van der Waals surface area contributed by atoms with Crippen molar-refractivity contribution in [3.05, 3.63) is 66.5 Å². The summed E-state index contributed by atoms with van der Waals surface area (Å²) in [5.74, 6) is -0.357. The maximum absolute atomic E-state index is 13.0. The monoisotopic (exact) mass is 471 g/mol. The van der Waals surface area contributed by atoms with Crippen molar-refractivity contribution in [3.63, 3.8) is 0 Å². The Morgan fingerprint density at radius 2 is 1.75 bits per heavy atom. The Kier molecular flexibility index (Phi) is 6.66. The first-order chi connectivity index (χ1) is 15.3. The van der Waals surface area contributed by atoms with Gasteiger partial charge >= 0.3 is 0 Å². The third kappa shape index (κ3) is 5.04. The number of amides is 1. The Morgan fingerprint density at radius 3 is 2.41 bits per heavy atom. The lowest BCUT2D eigenvalue weighted by atomic mass is 10.2. The molecule has 2 aromatic carbocycles. The Morgan fingerprint density at radius 1 is 1.03 bits per heavy atom.